The molecule has 0 amide bonds. The van der Waals surface area contributed by atoms with Crippen LogP contribution in [0.15, 0.2) is 23.6 Å². The van der Waals surface area contributed by atoms with E-state index in [0.717, 1.165) is 23.5 Å². The number of nitrogens with one attached hydrogen (secondary N) is 3. The molecule has 126 valence electrons. The predicted octanol–water partition coefficient (Wildman–Crippen LogP) is 3.74. The normalized spacial score (nSPS) is 11.3. The molecule has 0 aliphatic carbocycles. The molecule has 0 radical (unpaired) electrons. The van der Waals surface area contributed by atoms with Crippen LogP contribution >= 0.6 is 11.3 Å². The summed E-state index contributed by atoms with van der Waals surface area (Å²) in [5.74, 6) is 0.262. The van der Waals surface area contributed by atoms with Gasteiger partial charge in [0.15, 0.2) is 5.75 Å². The molecule has 4 nitrogen and oxygen atoms in total. The molecule has 0 aliphatic heterocycles. The highest BCUT2D eigenvalue weighted by Crippen LogP contribution is 2.41. The van der Waals surface area contributed by atoms with Gasteiger partial charge in [0.2, 0.25) is 0 Å². The lowest BCUT2D eigenvalue weighted by Crippen LogP contribution is -2.39. The SMILES string of the molecule is CNc1cc(CC[Si](C)(C)c2cccs2)c(NC)c(NC)c1O. The average molecular weight is 350 g/mol. The van der Waals surface area contributed by atoms with Gasteiger partial charge in [-0.15, -0.1) is 0 Å². The first-order chi connectivity index (χ1) is 10.9. The van der Waals surface area contributed by atoms with Gasteiger partial charge in [-0.2, -0.15) is 11.3 Å². The van der Waals surface area contributed by atoms with Crippen molar-refractivity contribution in [3.05, 3.63) is 29.1 Å². The predicted molar refractivity (Wildman–Crippen MR) is 107 cm³/mol. The average Bonchev–Trinajstić information content (AvgIpc) is 3.08. The first-order valence-electron chi connectivity index (χ1n) is 7.90. The van der Waals surface area contributed by atoms with Crippen molar-refractivity contribution in [3.8, 4) is 5.75 Å². The smallest absolute Gasteiger partial charge is 0.164 e. The fraction of sp³-hybridized carbons (Fsp3) is 0.412. The minimum Gasteiger partial charge on any atom is -0.504 e. The van der Waals surface area contributed by atoms with Crippen LogP contribution in [0, 0.1) is 0 Å². The van der Waals surface area contributed by atoms with Crippen molar-refractivity contribution in [1.29, 1.82) is 0 Å². The van der Waals surface area contributed by atoms with E-state index in [9.17, 15) is 5.11 Å². The van der Waals surface area contributed by atoms with Crippen molar-refractivity contribution in [3.63, 3.8) is 0 Å². The van der Waals surface area contributed by atoms with Gasteiger partial charge >= 0.3 is 0 Å². The summed E-state index contributed by atoms with van der Waals surface area (Å²) in [7, 11) is 4.15. The van der Waals surface area contributed by atoms with Gasteiger partial charge in [-0.25, -0.2) is 0 Å². The van der Waals surface area contributed by atoms with Gasteiger partial charge in [0, 0.05) is 21.1 Å². The molecule has 0 bridgehead atoms. The molecule has 2 rings (SSSR count). The number of anilines is 3. The summed E-state index contributed by atoms with van der Waals surface area (Å²) in [5.41, 5.74) is 3.74. The lowest BCUT2D eigenvalue weighted by molar-refractivity contribution is 0.480. The van der Waals surface area contributed by atoms with Crippen molar-refractivity contribution in [2.75, 3.05) is 37.1 Å². The summed E-state index contributed by atoms with van der Waals surface area (Å²) in [4.78, 5) is 0. The minimum absolute atomic E-state index is 0.262. The van der Waals surface area contributed by atoms with E-state index in [2.05, 4.69) is 52.6 Å². The summed E-state index contributed by atoms with van der Waals surface area (Å²) in [6.45, 7) is 4.85. The lowest BCUT2D eigenvalue weighted by Gasteiger charge is -2.23. The number of hydrogen-bond acceptors (Lipinski definition) is 5. The summed E-state index contributed by atoms with van der Waals surface area (Å²) in [6, 6.07) is 7.65. The third-order valence-electron chi connectivity index (χ3n) is 4.36. The van der Waals surface area contributed by atoms with Crippen molar-refractivity contribution < 1.29 is 5.11 Å². The molecule has 1 aromatic carbocycles. The lowest BCUT2D eigenvalue weighted by atomic mass is 10.1. The van der Waals surface area contributed by atoms with Gasteiger partial charge in [0.25, 0.3) is 0 Å². The molecule has 23 heavy (non-hydrogen) atoms. The number of thiophene rings is 1. The molecule has 0 unspecified atom stereocenters. The molecule has 0 aliphatic rings. The Morgan fingerprint density at radius 1 is 1.09 bits per heavy atom. The van der Waals surface area contributed by atoms with Crippen molar-refractivity contribution in [2.24, 2.45) is 0 Å². The number of benzene rings is 1. The zero-order valence-electron chi connectivity index (χ0n) is 14.6. The van der Waals surface area contributed by atoms with E-state index in [0.29, 0.717) is 0 Å². The van der Waals surface area contributed by atoms with Gasteiger partial charge in [-0.3, -0.25) is 0 Å². The fourth-order valence-corrected chi connectivity index (χ4v) is 6.81. The van der Waals surface area contributed by atoms with Gasteiger partial charge in [0.05, 0.1) is 19.4 Å². The molecule has 0 fully saturated rings. The molecule has 0 spiro atoms. The monoisotopic (exact) mass is 349 g/mol. The second-order valence-electron chi connectivity index (χ2n) is 6.29. The molecular weight excluding hydrogens is 322 g/mol. The summed E-state index contributed by atoms with van der Waals surface area (Å²) >= 11 is 1.87. The van der Waals surface area contributed by atoms with E-state index in [1.54, 1.807) is 4.50 Å². The number of hydrogen-bond donors (Lipinski definition) is 4. The van der Waals surface area contributed by atoms with Crippen LogP contribution in [0.4, 0.5) is 17.1 Å². The van der Waals surface area contributed by atoms with Crippen LogP contribution in [0.2, 0.25) is 19.1 Å². The standard InChI is InChI=1S/C17H27N3OSSi/c1-18-13-11-12(15(19-2)16(20-3)17(13)21)8-10-23(4,5)14-7-6-9-22-14/h6-7,9,11,18-21H,8,10H2,1-5H3. The van der Waals surface area contributed by atoms with Crippen LogP contribution in [0.25, 0.3) is 0 Å². The highest BCUT2D eigenvalue weighted by atomic mass is 32.1. The number of rotatable bonds is 7. The van der Waals surface area contributed by atoms with Gasteiger partial charge in [-0.05, 0) is 34.0 Å². The Kier molecular flexibility index (Phi) is 5.59. The van der Waals surface area contributed by atoms with Crippen molar-refractivity contribution in [2.45, 2.75) is 25.6 Å². The number of aromatic hydroxyl groups is 1. The zero-order chi connectivity index (χ0) is 17.0. The Morgan fingerprint density at radius 3 is 2.30 bits per heavy atom. The van der Waals surface area contributed by atoms with Crippen molar-refractivity contribution >= 4 is 41.0 Å². The van der Waals surface area contributed by atoms with E-state index >= 15 is 0 Å². The van der Waals surface area contributed by atoms with Crippen LogP contribution < -0.4 is 20.5 Å². The van der Waals surface area contributed by atoms with Crippen LogP contribution in [0.5, 0.6) is 5.75 Å². The maximum absolute atomic E-state index is 10.3. The molecular formula is C17H27N3OSSi. The molecule has 1 heterocycles. The Bertz CT molecular complexity index is 656. The van der Waals surface area contributed by atoms with E-state index in [1.807, 2.05) is 32.5 Å². The first kappa shape index (κ1) is 17.7. The summed E-state index contributed by atoms with van der Waals surface area (Å²) in [5, 5.41) is 22.0. The van der Waals surface area contributed by atoms with Crippen LogP contribution in [-0.2, 0) is 6.42 Å². The number of aryl methyl sites for hydroxylation is 1. The van der Waals surface area contributed by atoms with Gasteiger partial charge in [-0.1, -0.05) is 25.2 Å². The molecule has 0 saturated heterocycles. The third kappa shape index (κ3) is 3.64. The molecule has 2 aromatic rings. The molecule has 4 N–H and O–H groups in total. The molecule has 0 saturated carbocycles. The number of phenolic OH excluding ortho intramolecular Hbond substituents is 1. The Morgan fingerprint density at radius 2 is 1.78 bits per heavy atom. The summed E-state index contributed by atoms with van der Waals surface area (Å²) < 4.78 is 1.55. The van der Waals surface area contributed by atoms with E-state index in [-0.39, 0.29) is 5.75 Å². The van der Waals surface area contributed by atoms with Gasteiger partial charge < -0.3 is 21.1 Å². The van der Waals surface area contributed by atoms with Crippen LogP contribution in [0.1, 0.15) is 5.56 Å². The number of phenols is 1. The molecule has 0 atom stereocenters. The summed E-state index contributed by atoms with van der Waals surface area (Å²) in [6.07, 6.45) is 0.997. The third-order valence-corrected chi connectivity index (χ3v) is 10.1. The Labute approximate surface area is 144 Å². The van der Waals surface area contributed by atoms with E-state index < -0.39 is 8.07 Å². The van der Waals surface area contributed by atoms with E-state index in [4.69, 9.17) is 0 Å². The highest BCUT2D eigenvalue weighted by Gasteiger charge is 2.25. The topological polar surface area (TPSA) is 56.3 Å². The molecule has 6 heteroatoms. The second kappa shape index (κ2) is 7.27. The highest BCUT2D eigenvalue weighted by molar-refractivity contribution is 7.25. The first-order valence-corrected chi connectivity index (χ1v) is 12.0. The second-order valence-corrected chi connectivity index (χ2v) is 12.4. The zero-order valence-corrected chi connectivity index (χ0v) is 16.4. The maximum Gasteiger partial charge on any atom is 0.164 e. The Hall–Kier alpha value is -1.66. The maximum atomic E-state index is 10.3. The fourth-order valence-electron chi connectivity index (χ4n) is 2.88. The van der Waals surface area contributed by atoms with Crippen LogP contribution in [-0.4, -0.2) is 34.3 Å². The quantitative estimate of drug-likeness (QED) is 0.454. The van der Waals surface area contributed by atoms with Crippen LogP contribution in [0.3, 0.4) is 0 Å². The Balaban J connectivity index is 2.32. The largest absolute Gasteiger partial charge is 0.504 e. The van der Waals surface area contributed by atoms with E-state index in [1.165, 1.54) is 11.6 Å². The van der Waals surface area contributed by atoms with Gasteiger partial charge in [0.1, 0.15) is 5.69 Å². The van der Waals surface area contributed by atoms with Crippen molar-refractivity contribution in [1.82, 2.24) is 0 Å². The molecule has 1 aromatic heterocycles. The minimum atomic E-state index is -1.43.